The summed E-state index contributed by atoms with van der Waals surface area (Å²) >= 11 is 7.25. The summed E-state index contributed by atoms with van der Waals surface area (Å²) in [6, 6.07) is 7.98. The van der Waals surface area contributed by atoms with Crippen molar-refractivity contribution < 1.29 is 23.1 Å². The minimum atomic E-state index is -4.00. The van der Waals surface area contributed by atoms with Gasteiger partial charge in [-0.1, -0.05) is 11.6 Å². The fraction of sp³-hybridized carbons (Fsp3) is 0.391. The quantitative estimate of drug-likeness (QED) is 0.315. The lowest BCUT2D eigenvalue weighted by molar-refractivity contribution is -0.138. The van der Waals surface area contributed by atoms with Crippen LogP contribution in [0.1, 0.15) is 41.9 Å². The predicted molar refractivity (Wildman–Crippen MR) is 132 cm³/mol. The van der Waals surface area contributed by atoms with Crippen LogP contribution >= 0.6 is 22.9 Å². The number of thiophene rings is 1. The zero-order chi connectivity index (χ0) is 24.6. The molecule has 8 nitrogen and oxygen atoms in total. The predicted octanol–water partition coefficient (Wildman–Crippen LogP) is 3.43. The third kappa shape index (κ3) is 8.12. The van der Waals surface area contributed by atoms with Gasteiger partial charge in [-0.3, -0.25) is 9.59 Å². The molecule has 3 rings (SSSR count). The van der Waals surface area contributed by atoms with Crippen molar-refractivity contribution in [2.75, 3.05) is 6.54 Å². The number of benzene rings is 1. The maximum atomic E-state index is 12.6. The van der Waals surface area contributed by atoms with E-state index in [9.17, 15) is 23.1 Å². The first-order chi connectivity index (χ1) is 16.2. The number of carbonyl (C=O) groups excluding carboxylic acids is 1. The maximum absolute atomic E-state index is 12.6. The van der Waals surface area contributed by atoms with E-state index < -0.39 is 22.0 Å². The molecule has 4 N–H and O–H groups in total. The Balaban J connectivity index is 1.47. The van der Waals surface area contributed by atoms with Gasteiger partial charge in [-0.15, -0.1) is 11.3 Å². The van der Waals surface area contributed by atoms with E-state index >= 15 is 0 Å². The summed E-state index contributed by atoms with van der Waals surface area (Å²) in [6.45, 7) is 0.873. The van der Waals surface area contributed by atoms with Gasteiger partial charge in [0.1, 0.15) is 11.9 Å². The summed E-state index contributed by atoms with van der Waals surface area (Å²) < 4.78 is 27.4. The summed E-state index contributed by atoms with van der Waals surface area (Å²) in [5, 5.41) is 16.0. The number of unbranched alkanes of at least 4 members (excludes halogenated alkanes) is 1. The summed E-state index contributed by atoms with van der Waals surface area (Å²) in [5.74, 6) is -0.468. The minimum absolute atomic E-state index is 0.00945. The number of aliphatic carboxylic acids is 1. The van der Waals surface area contributed by atoms with Crippen LogP contribution in [0.3, 0.4) is 0 Å². The Morgan fingerprint density at radius 3 is 2.53 bits per heavy atom. The maximum Gasteiger partial charge on any atom is 0.322 e. The molecule has 2 aromatic rings. The van der Waals surface area contributed by atoms with Crippen LogP contribution < -0.4 is 15.4 Å². The molecule has 1 aromatic carbocycles. The molecule has 0 spiro atoms. The van der Waals surface area contributed by atoms with Gasteiger partial charge in [0.05, 0.1) is 4.90 Å². The van der Waals surface area contributed by atoms with Crippen molar-refractivity contribution in [1.29, 1.82) is 0 Å². The number of carbonyl (C=O) groups is 2. The van der Waals surface area contributed by atoms with Gasteiger partial charge in [0, 0.05) is 34.2 Å². The second kappa shape index (κ2) is 12.3. The second-order valence-corrected chi connectivity index (χ2v) is 11.4. The first-order valence-electron chi connectivity index (χ1n) is 11.0. The van der Waals surface area contributed by atoms with Crippen molar-refractivity contribution in [3.63, 3.8) is 0 Å². The zero-order valence-electron chi connectivity index (χ0n) is 18.6. The molecule has 1 aliphatic heterocycles. The van der Waals surface area contributed by atoms with Crippen molar-refractivity contribution >= 4 is 44.8 Å². The largest absolute Gasteiger partial charge is 0.480 e. The lowest BCUT2D eigenvalue weighted by atomic mass is 10.1. The third-order valence-electron chi connectivity index (χ3n) is 5.24. The average molecular weight is 526 g/mol. The van der Waals surface area contributed by atoms with Crippen LogP contribution in [-0.4, -0.2) is 38.0 Å². The molecule has 2 heterocycles. The SMILES string of the molecule is O=C(CCCCc1ccc(C[C@H](NS(=O)(=O)c2ccc(Cl)cc2)C(=O)O)s1)NC1=CCCCN1. The lowest BCUT2D eigenvalue weighted by Gasteiger charge is -2.16. The Hall–Kier alpha value is -2.40. The Labute approximate surface area is 208 Å². The van der Waals surface area contributed by atoms with Gasteiger partial charge in [-0.05, 0) is 74.6 Å². The molecule has 0 fully saturated rings. The van der Waals surface area contributed by atoms with Crippen LogP contribution in [0.5, 0.6) is 0 Å². The van der Waals surface area contributed by atoms with Gasteiger partial charge >= 0.3 is 5.97 Å². The lowest BCUT2D eigenvalue weighted by Crippen LogP contribution is -2.42. The summed E-state index contributed by atoms with van der Waals surface area (Å²) in [4.78, 5) is 25.5. The van der Waals surface area contributed by atoms with E-state index in [0.29, 0.717) is 11.4 Å². The smallest absolute Gasteiger partial charge is 0.322 e. The fourth-order valence-corrected chi connectivity index (χ4v) is 5.87. The highest BCUT2D eigenvalue weighted by Gasteiger charge is 2.26. The highest BCUT2D eigenvalue weighted by molar-refractivity contribution is 7.89. The first-order valence-corrected chi connectivity index (χ1v) is 13.7. The molecule has 0 saturated heterocycles. The molecule has 11 heteroatoms. The summed E-state index contributed by atoms with van der Waals surface area (Å²) in [7, 11) is -4.00. The van der Waals surface area contributed by atoms with Crippen LogP contribution in [-0.2, 0) is 32.5 Å². The molecule has 0 saturated carbocycles. The molecular formula is C23H28ClN3O5S2. The Bertz CT molecular complexity index is 1130. The number of hydrogen-bond donors (Lipinski definition) is 4. The number of rotatable bonds is 12. The first kappa shape index (κ1) is 26.2. The molecule has 184 valence electrons. The van der Waals surface area contributed by atoms with Crippen LogP contribution in [0.15, 0.2) is 53.2 Å². The van der Waals surface area contributed by atoms with E-state index in [-0.39, 0.29) is 17.2 Å². The van der Waals surface area contributed by atoms with Gasteiger partial charge in [-0.2, -0.15) is 4.72 Å². The molecule has 0 radical (unpaired) electrons. The number of amides is 1. The molecule has 0 unspecified atom stereocenters. The van der Waals surface area contributed by atoms with Crippen molar-refractivity contribution in [2.45, 2.75) is 55.9 Å². The van der Waals surface area contributed by atoms with E-state index in [1.165, 1.54) is 35.6 Å². The Kier molecular flexibility index (Phi) is 9.52. The molecule has 1 atom stereocenters. The van der Waals surface area contributed by atoms with Crippen LogP contribution in [0.2, 0.25) is 5.02 Å². The molecule has 1 amide bonds. The van der Waals surface area contributed by atoms with Gasteiger partial charge in [0.15, 0.2) is 0 Å². The highest BCUT2D eigenvalue weighted by atomic mass is 35.5. The van der Waals surface area contributed by atoms with Crippen LogP contribution in [0.25, 0.3) is 0 Å². The highest BCUT2D eigenvalue weighted by Crippen LogP contribution is 2.22. The normalized spacial score (nSPS) is 14.7. The van der Waals surface area contributed by atoms with E-state index in [0.717, 1.165) is 54.2 Å². The summed E-state index contributed by atoms with van der Waals surface area (Å²) in [6.07, 6.45) is 6.85. The number of hydrogen-bond acceptors (Lipinski definition) is 6. The molecule has 0 aliphatic carbocycles. The Morgan fingerprint density at radius 2 is 1.85 bits per heavy atom. The van der Waals surface area contributed by atoms with Gasteiger partial charge in [0.2, 0.25) is 15.9 Å². The molecular weight excluding hydrogens is 498 g/mol. The topological polar surface area (TPSA) is 125 Å². The number of halogens is 1. The van der Waals surface area contributed by atoms with Crippen molar-refractivity contribution in [3.8, 4) is 0 Å². The number of aryl methyl sites for hydroxylation is 1. The molecule has 34 heavy (non-hydrogen) atoms. The average Bonchev–Trinajstić information content (AvgIpc) is 3.24. The van der Waals surface area contributed by atoms with Gasteiger partial charge in [-0.25, -0.2) is 8.42 Å². The Morgan fingerprint density at radius 1 is 1.12 bits per heavy atom. The molecule has 1 aliphatic rings. The van der Waals surface area contributed by atoms with E-state index in [1.54, 1.807) is 0 Å². The number of allylic oxidation sites excluding steroid dienone is 1. The number of carboxylic acids is 1. The van der Waals surface area contributed by atoms with Crippen LogP contribution in [0.4, 0.5) is 0 Å². The molecule has 0 bridgehead atoms. The van der Waals surface area contributed by atoms with E-state index in [1.807, 2.05) is 18.2 Å². The monoisotopic (exact) mass is 525 g/mol. The van der Waals surface area contributed by atoms with Crippen molar-refractivity contribution in [1.82, 2.24) is 15.4 Å². The zero-order valence-corrected chi connectivity index (χ0v) is 20.9. The number of nitrogens with one attached hydrogen (secondary N) is 3. The second-order valence-electron chi connectivity index (χ2n) is 7.98. The number of sulfonamides is 1. The van der Waals surface area contributed by atoms with E-state index in [2.05, 4.69) is 15.4 Å². The minimum Gasteiger partial charge on any atom is -0.480 e. The van der Waals surface area contributed by atoms with Crippen molar-refractivity contribution in [2.24, 2.45) is 0 Å². The number of carboxylic acid groups (broad SMARTS) is 1. The van der Waals surface area contributed by atoms with Crippen LogP contribution in [0, 0.1) is 0 Å². The third-order valence-corrected chi connectivity index (χ3v) is 8.14. The molecule has 1 aromatic heterocycles. The fourth-order valence-electron chi connectivity index (χ4n) is 3.45. The van der Waals surface area contributed by atoms with Crippen molar-refractivity contribution in [3.05, 3.63) is 63.1 Å². The standard InChI is InChI=1S/C23H28ClN3O5S2/c24-16-8-12-19(13-9-16)34(31,32)27-20(23(29)30)15-18-11-10-17(33-18)5-1-2-7-22(28)26-21-6-3-4-14-25-21/h6,8-13,20,25,27H,1-5,7,14-15H2,(H,26,28)(H,29,30)/t20-/m0/s1. The summed E-state index contributed by atoms with van der Waals surface area (Å²) in [5.41, 5.74) is 0. The van der Waals surface area contributed by atoms with Gasteiger partial charge < -0.3 is 15.7 Å². The van der Waals surface area contributed by atoms with Gasteiger partial charge in [0.25, 0.3) is 0 Å². The van der Waals surface area contributed by atoms with E-state index in [4.69, 9.17) is 11.6 Å².